The van der Waals surface area contributed by atoms with E-state index >= 15 is 0 Å². The predicted octanol–water partition coefficient (Wildman–Crippen LogP) is 2.89. The minimum atomic E-state index is 0.283. The fraction of sp³-hybridized carbons (Fsp3) is 1.00. The summed E-state index contributed by atoms with van der Waals surface area (Å²) in [6, 6.07) is 0. The zero-order valence-corrected chi connectivity index (χ0v) is 12.3. The number of rotatable bonds is 4. The fourth-order valence-corrected chi connectivity index (χ4v) is 3.10. The van der Waals surface area contributed by atoms with Gasteiger partial charge >= 0.3 is 0 Å². The summed E-state index contributed by atoms with van der Waals surface area (Å²) in [5, 5.41) is 3.75. The third kappa shape index (κ3) is 3.03. The second-order valence-electron chi connectivity index (χ2n) is 7.47. The summed E-state index contributed by atoms with van der Waals surface area (Å²) in [6.07, 6.45) is 4.21. The molecule has 2 nitrogen and oxygen atoms in total. The lowest BCUT2D eigenvalue weighted by Gasteiger charge is -2.52. The Bertz CT molecular complexity index is 268. The van der Waals surface area contributed by atoms with Gasteiger partial charge in [0.1, 0.15) is 0 Å². The van der Waals surface area contributed by atoms with Crippen LogP contribution in [0, 0.1) is 11.8 Å². The van der Waals surface area contributed by atoms with E-state index in [-0.39, 0.29) is 5.54 Å². The van der Waals surface area contributed by atoms with E-state index in [1.54, 1.807) is 0 Å². The van der Waals surface area contributed by atoms with Gasteiger partial charge in [-0.05, 0) is 58.4 Å². The maximum Gasteiger partial charge on any atom is 0.0334 e. The summed E-state index contributed by atoms with van der Waals surface area (Å²) in [6.45, 7) is 15.5. The molecule has 1 saturated carbocycles. The maximum absolute atomic E-state index is 3.75. The van der Waals surface area contributed by atoms with Crippen LogP contribution in [0.2, 0.25) is 0 Å². The van der Waals surface area contributed by atoms with Crippen molar-refractivity contribution in [2.45, 2.75) is 65.0 Å². The van der Waals surface area contributed by atoms with Gasteiger partial charge < -0.3 is 5.32 Å². The highest BCUT2D eigenvalue weighted by Gasteiger charge is 2.49. The number of hydrogen-bond donors (Lipinski definition) is 1. The van der Waals surface area contributed by atoms with Crippen molar-refractivity contribution in [3.8, 4) is 0 Å². The molecule has 1 aliphatic carbocycles. The van der Waals surface area contributed by atoms with Gasteiger partial charge in [0.2, 0.25) is 0 Å². The highest BCUT2D eigenvalue weighted by molar-refractivity contribution is 5.06. The van der Waals surface area contributed by atoms with Gasteiger partial charge in [-0.1, -0.05) is 13.8 Å². The molecule has 100 valence electrons. The zero-order chi connectivity index (χ0) is 12.7. The summed E-state index contributed by atoms with van der Waals surface area (Å²) < 4.78 is 0. The Balaban J connectivity index is 2.03. The van der Waals surface area contributed by atoms with Crippen molar-refractivity contribution < 1.29 is 0 Å². The van der Waals surface area contributed by atoms with E-state index in [9.17, 15) is 0 Å². The van der Waals surface area contributed by atoms with E-state index in [4.69, 9.17) is 0 Å². The molecule has 2 heteroatoms. The molecule has 1 saturated heterocycles. The predicted molar refractivity (Wildman–Crippen MR) is 74.2 cm³/mol. The Kier molecular flexibility index (Phi) is 3.57. The number of hydrogen-bond acceptors (Lipinski definition) is 2. The largest absolute Gasteiger partial charge is 0.309 e. The maximum atomic E-state index is 3.75. The summed E-state index contributed by atoms with van der Waals surface area (Å²) in [5.74, 6) is 1.76. The van der Waals surface area contributed by atoms with Crippen molar-refractivity contribution in [1.29, 1.82) is 0 Å². The Morgan fingerprint density at radius 1 is 1.24 bits per heavy atom. The van der Waals surface area contributed by atoms with E-state index in [2.05, 4.69) is 44.8 Å². The first-order valence-electron chi connectivity index (χ1n) is 7.33. The first-order valence-corrected chi connectivity index (χ1v) is 7.33. The van der Waals surface area contributed by atoms with Crippen molar-refractivity contribution >= 4 is 0 Å². The summed E-state index contributed by atoms with van der Waals surface area (Å²) in [7, 11) is 0. The monoisotopic (exact) mass is 238 g/mol. The highest BCUT2D eigenvalue weighted by atomic mass is 15.3. The molecule has 1 unspecified atom stereocenters. The van der Waals surface area contributed by atoms with Gasteiger partial charge in [-0.15, -0.1) is 0 Å². The second kappa shape index (κ2) is 4.55. The molecule has 0 radical (unpaired) electrons. The minimum absolute atomic E-state index is 0.283. The lowest BCUT2D eigenvalue weighted by molar-refractivity contribution is 0.00886. The van der Waals surface area contributed by atoms with Crippen LogP contribution in [-0.2, 0) is 0 Å². The summed E-state index contributed by atoms with van der Waals surface area (Å²) in [5.41, 5.74) is 0.704. The van der Waals surface area contributed by atoms with Crippen LogP contribution in [0.3, 0.4) is 0 Å². The third-order valence-electron chi connectivity index (χ3n) is 4.67. The van der Waals surface area contributed by atoms with Crippen molar-refractivity contribution in [2.75, 3.05) is 19.6 Å². The zero-order valence-electron chi connectivity index (χ0n) is 12.3. The van der Waals surface area contributed by atoms with Crippen LogP contribution in [0.1, 0.15) is 53.9 Å². The molecule has 2 fully saturated rings. The van der Waals surface area contributed by atoms with E-state index in [1.807, 2.05) is 0 Å². The summed E-state index contributed by atoms with van der Waals surface area (Å²) >= 11 is 0. The van der Waals surface area contributed by atoms with Crippen LogP contribution in [-0.4, -0.2) is 35.6 Å². The third-order valence-corrected chi connectivity index (χ3v) is 4.67. The quantitative estimate of drug-likeness (QED) is 0.810. The molecule has 0 bridgehead atoms. The van der Waals surface area contributed by atoms with Crippen LogP contribution in [0.4, 0.5) is 0 Å². The van der Waals surface area contributed by atoms with Gasteiger partial charge in [-0.3, -0.25) is 4.90 Å². The second-order valence-corrected chi connectivity index (χ2v) is 7.47. The first kappa shape index (κ1) is 13.4. The lowest BCUT2D eigenvalue weighted by atomic mass is 9.85. The molecule has 17 heavy (non-hydrogen) atoms. The van der Waals surface area contributed by atoms with Crippen LogP contribution < -0.4 is 5.32 Å². The van der Waals surface area contributed by atoms with Crippen LogP contribution in [0.5, 0.6) is 0 Å². The number of nitrogens with one attached hydrogen (secondary N) is 1. The van der Waals surface area contributed by atoms with Gasteiger partial charge in [-0.2, -0.15) is 0 Å². The van der Waals surface area contributed by atoms with Crippen LogP contribution in [0.25, 0.3) is 0 Å². The normalized spacial score (nSPS) is 34.2. The van der Waals surface area contributed by atoms with Crippen molar-refractivity contribution in [3.05, 3.63) is 0 Å². The van der Waals surface area contributed by atoms with E-state index in [0.717, 1.165) is 11.8 Å². The molecular weight excluding hydrogens is 208 g/mol. The molecular formula is C15H30N2. The Labute approximate surface area is 107 Å². The van der Waals surface area contributed by atoms with Gasteiger partial charge in [0.05, 0.1) is 0 Å². The van der Waals surface area contributed by atoms with E-state index in [1.165, 1.54) is 38.9 Å². The van der Waals surface area contributed by atoms with Gasteiger partial charge in [0, 0.05) is 24.2 Å². The van der Waals surface area contributed by atoms with Crippen molar-refractivity contribution in [2.24, 2.45) is 11.8 Å². The standard InChI is InChI=1S/C15H30N2/c1-12(2)8-9-17-11-14(3,4)16-10-15(17,5)13-6-7-13/h12-13,16H,6-11H2,1-5H3. The van der Waals surface area contributed by atoms with E-state index in [0.29, 0.717) is 5.54 Å². The molecule has 1 atom stereocenters. The highest BCUT2D eigenvalue weighted by Crippen LogP contribution is 2.44. The molecule has 0 amide bonds. The molecule has 2 rings (SSSR count). The van der Waals surface area contributed by atoms with Gasteiger partial charge in [0.15, 0.2) is 0 Å². The lowest BCUT2D eigenvalue weighted by Crippen LogP contribution is -2.68. The Hall–Kier alpha value is -0.0800. The number of nitrogens with zero attached hydrogens (tertiary/aromatic N) is 1. The molecule has 1 aliphatic heterocycles. The minimum Gasteiger partial charge on any atom is -0.309 e. The molecule has 1 heterocycles. The molecule has 2 aliphatic rings. The Morgan fingerprint density at radius 3 is 2.41 bits per heavy atom. The van der Waals surface area contributed by atoms with Crippen LogP contribution in [0.15, 0.2) is 0 Å². The smallest absolute Gasteiger partial charge is 0.0334 e. The topological polar surface area (TPSA) is 15.3 Å². The van der Waals surface area contributed by atoms with Crippen molar-refractivity contribution in [3.63, 3.8) is 0 Å². The van der Waals surface area contributed by atoms with Crippen LogP contribution >= 0.6 is 0 Å². The van der Waals surface area contributed by atoms with E-state index < -0.39 is 0 Å². The van der Waals surface area contributed by atoms with Gasteiger partial charge in [-0.25, -0.2) is 0 Å². The number of piperazine rings is 1. The van der Waals surface area contributed by atoms with Gasteiger partial charge in [0.25, 0.3) is 0 Å². The van der Waals surface area contributed by atoms with Crippen molar-refractivity contribution in [1.82, 2.24) is 10.2 Å². The average molecular weight is 238 g/mol. The Morgan fingerprint density at radius 2 is 1.88 bits per heavy atom. The average Bonchev–Trinajstić information content (AvgIpc) is 3.03. The fourth-order valence-electron chi connectivity index (χ4n) is 3.10. The SMILES string of the molecule is CC(C)CCN1CC(C)(C)NCC1(C)C1CC1. The molecule has 1 N–H and O–H groups in total. The summed E-state index contributed by atoms with van der Waals surface area (Å²) in [4.78, 5) is 2.78. The first-order chi connectivity index (χ1) is 7.83. The molecule has 0 aromatic carbocycles. The molecule has 0 aromatic rings. The molecule has 0 aromatic heterocycles. The molecule has 0 spiro atoms.